The van der Waals surface area contributed by atoms with Gasteiger partial charge in [-0.05, 0) is 43.0 Å². The van der Waals surface area contributed by atoms with E-state index in [1.807, 2.05) is 26.8 Å². The summed E-state index contributed by atoms with van der Waals surface area (Å²) in [7, 11) is -3.70. The van der Waals surface area contributed by atoms with Gasteiger partial charge in [0.25, 0.3) is 10.0 Å². The molecule has 0 spiro atoms. The summed E-state index contributed by atoms with van der Waals surface area (Å²) < 4.78 is 28.1. The molecule has 0 bridgehead atoms. The number of ketones is 1. The molecule has 2 aromatic rings. The molecule has 27 heavy (non-hydrogen) atoms. The van der Waals surface area contributed by atoms with Gasteiger partial charge in [0.05, 0.1) is 16.3 Å². The number of para-hydroxylation sites is 2. The molecule has 0 saturated heterocycles. The van der Waals surface area contributed by atoms with Crippen LogP contribution in [-0.2, 0) is 14.8 Å². The summed E-state index contributed by atoms with van der Waals surface area (Å²) in [6, 6.07) is 13.8. The average Bonchev–Trinajstić information content (AvgIpc) is 2.55. The lowest BCUT2D eigenvalue weighted by Gasteiger charge is -2.29. The smallest absolute Gasteiger partial charge is 0.261 e. The number of nitrogens with one attached hydrogen (secondary N) is 2. The third-order valence-electron chi connectivity index (χ3n) is 4.45. The number of allylic oxidation sites excluding steroid dienone is 2. The van der Waals surface area contributed by atoms with E-state index in [1.165, 1.54) is 0 Å². The zero-order chi connectivity index (χ0) is 19.7. The lowest BCUT2D eigenvalue weighted by atomic mass is 9.79. The average molecular weight is 385 g/mol. The molecule has 0 aromatic heterocycles. The van der Waals surface area contributed by atoms with Crippen LogP contribution in [0.1, 0.15) is 32.3 Å². The molecule has 3 rings (SSSR count). The maximum atomic E-state index is 12.7. The Morgan fingerprint density at radius 2 is 1.56 bits per heavy atom. The molecule has 5 nitrogen and oxygen atoms in total. The maximum absolute atomic E-state index is 12.7. The minimum absolute atomic E-state index is 0.0754. The molecule has 0 fully saturated rings. The number of carbonyl (C=O) groups is 1. The van der Waals surface area contributed by atoms with E-state index in [0.29, 0.717) is 17.8 Å². The molecule has 0 amide bonds. The molecule has 2 N–H and O–H groups in total. The van der Waals surface area contributed by atoms with Crippen LogP contribution < -0.4 is 10.0 Å². The highest BCUT2D eigenvalue weighted by Crippen LogP contribution is 2.35. The van der Waals surface area contributed by atoms with E-state index in [1.54, 1.807) is 48.5 Å². The standard InChI is InChI=1S/C21H24N2O3S/c1-15-8-10-18(11-9-15)27(25,26)23-20-7-5-4-6-19(20)22-16-12-17(24)14-21(2,3)13-16/h4-12,22-23H,13-14H2,1-3H3. The topological polar surface area (TPSA) is 75.3 Å². The summed E-state index contributed by atoms with van der Waals surface area (Å²) >= 11 is 0. The largest absolute Gasteiger partial charge is 0.357 e. The van der Waals surface area contributed by atoms with Gasteiger partial charge in [0.2, 0.25) is 0 Å². The molecule has 0 saturated carbocycles. The van der Waals surface area contributed by atoms with Crippen LogP contribution in [0.3, 0.4) is 0 Å². The van der Waals surface area contributed by atoms with Crippen LogP contribution in [0.15, 0.2) is 65.2 Å². The SMILES string of the molecule is Cc1ccc(S(=O)(=O)Nc2ccccc2NC2=CC(=O)CC(C)(C)C2)cc1. The van der Waals surface area contributed by atoms with Crippen LogP contribution in [0.4, 0.5) is 11.4 Å². The summed E-state index contributed by atoms with van der Waals surface area (Å²) in [5.41, 5.74) is 2.72. The number of sulfonamides is 1. The second-order valence-corrected chi connectivity index (χ2v) is 9.43. The summed E-state index contributed by atoms with van der Waals surface area (Å²) in [6.07, 6.45) is 2.84. The molecule has 0 aliphatic heterocycles. The Bertz CT molecular complexity index is 990. The van der Waals surface area contributed by atoms with Gasteiger partial charge in [0.1, 0.15) is 0 Å². The second kappa shape index (κ2) is 7.19. The van der Waals surface area contributed by atoms with E-state index in [0.717, 1.165) is 17.7 Å². The fourth-order valence-electron chi connectivity index (χ4n) is 3.20. The van der Waals surface area contributed by atoms with Crippen molar-refractivity contribution in [1.82, 2.24) is 0 Å². The first kappa shape index (κ1) is 19.2. The Balaban J connectivity index is 1.86. The molecule has 142 valence electrons. The van der Waals surface area contributed by atoms with Crippen LogP contribution in [0.2, 0.25) is 0 Å². The first-order chi connectivity index (χ1) is 12.6. The molecule has 0 atom stereocenters. The molecule has 0 radical (unpaired) electrons. The molecule has 2 aromatic carbocycles. The van der Waals surface area contributed by atoms with Gasteiger partial charge in [0.15, 0.2) is 5.78 Å². The van der Waals surface area contributed by atoms with Crippen LogP contribution >= 0.6 is 0 Å². The highest BCUT2D eigenvalue weighted by Gasteiger charge is 2.28. The van der Waals surface area contributed by atoms with Crippen LogP contribution in [0, 0.1) is 12.3 Å². The first-order valence-corrected chi connectivity index (χ1v) is 10.3. The number of anilines is 2. The van der Waals surface area contributed by atoms with Crippen molar-refractivity contribution in [1.29, 1.82) is 0 Å². The summed E-state index contributed by atoms with van der Waals surface area (Å²) in [4.78, 5) is 12.2. The van der Waals surface area contributed by atoms with E-state index in [4.69, 9.17) is 0 Å². The Kier molecular flexibility index (Phi) is 5.11. The predicted molar refractivity (Wildman–Crippen MR) is 108 cm³/mol. The van der Waals surface area contributed by atoms with Crippen LogP contribution in [0.5, 0.6) is 0 Å². The van der Waals surface area contributed by atoms with Crippen molar-refractivity contribution in [3.8, 4) is 0 Å². The molecular weight excluding hydrogens is 360 g/mol. The quantitative estimate of drug-likeness (QED) is 0.797. The van der Waals surface area contributed by atoms with Gasteiger partial charge < -0.3 is 5.32 Å². The van der Waals surface area contributed by atoms with Crippen LogP contribution in [-0.4, -0.2) is 14.2 Å². The Labute approximate surface area is 160 Å². The summed E-state index contributed by atoms with van der Waals surface area (Å²) in [5, 5.41) is 3.23. The first-order valence-electron chi connectivity index (χ1n) is 8.84. The number of rotatable bonds is 5. The van der Waals surface area contributed by atoms with Crippen molar-refractivity contribution in [3.05, 3.63) is 65.9 Å². The summed E-state index contributed by atoms with van der Waals surface area (Å²) in [5.74, 6) is 0.0754. The van der Waals surface area contributed by atoms with Gasteiger partial charge in [-0.1, -0.05) is 43.7 Å². The van der Waals surface area contributed by atoms with Gasteiger partial charge in [-0.25, -0.2) is 8.42 Å². The van der Waals surface area contributed by atoms with E-state index >= 15 is 0 Å². The molecule has 0 heterocycles. The molecule has 1 aliphatic rings. The van der Waals surface area contributed by atoms with Gasteiger partial charge in [-0.15, -0.1) is 0 Å². The Hall–Kier alpha value is -2.60. The molecular formula is C21H24N2O3S. The zero-order valence-corrected chi connectivity index (χ0v) is 16.6. The van der Waals surface area contributed by atoms with E-state index < -0.39 is 10.0 Å². The highest BCUT2D eigenvalue weighted by molar-refractivity contribution is 7.92. The summed E-state index contributed by atoms with van der Waals surface area (Å²) in [6.45, 7) is 6.00. The number of hydrogen-bond donors (Lipinski definition) is 2. The molecule has 6 heteroatoms. The lowest BCUT2D eigenvalue weighted by molar-refractivity contribution is -0.117. The van der Waals surface area contributed by atoms with Crippen molar-refractivity contribution in [2.24, 2.45) is 5.41 Å². The maximum Gasteiger partial charge on any atom is 0.261 e. The number of benzene rings is 2. The minimum Gasteiger partial charge on any atom is -0.357 e. The predicted octanol–water partition coefficient (Wildman–Crippen LogP) is 4.48. The highest BCUT2D eigenvalue weighted by atomic mass is 32.2. The van der Waals surface area contributed by atoms with Gasteiger partial charge in [0, 0.05) is 18.2 Å². The van der Waals surface area contributed by atoms with Gasteiger partial charge in [-0.3, -0.25) is 9.52 Å². The van der Waals surface area contributed by atoms with E-state index in [9.17, 15) is 13.2 Å². The van der Waals surface area contributed by atoms with Gasteiger partial charge in [-0.2, -0.15) is 0 Å². The number of hydrogen-bond acceptors (Lipinski definition) is 4. The van der Waals surface area contributed by atoms with E-state index in [2.05, 4.69) is 10.0 Å². The Morgan fingerprint density at radius 3 is 2.19 bits per heavy atom. The third kappa shape index (κ3) is 4.77. The number of carbonyl (C=O) groups excluding carboxylic acids is 1. The second-order valence-electron chi connectivity index (χ2n) is 7.74. The third-order valence-corrected chi connectivity index (χ3v) is 5.84. The fraction of sp³-hybridized carbons (Fsp3) is 0.286. The van der Waals surface area contributed by atoms with Crippen LogP contribution in [0.25, 0.3) is 0 Å². The van der Waals surface area contributed by atoms with Gasteiger partial charge >= 0.3 is 0 Å². The Morgan fingerprint density at radius 1 is 0.926 bits per heavy atom. The molecule has 1 aliphatic carbocycles. The van der Waals surface area contributed by atoms with Crippen molar-refractivity contribution >= 4 is 27.2 Å². The number of aryl methyl sites for hydroxylation is 1. The normalized spacial score (nSPS) is 16.6. The molecule has 0 unspecified atom stereocenters. The van der Waals surface area contributed by atoms with E-state index in [-0.39, 0.29) is 16.1 Å². The van der Waals surface area contributed by atoms with Crippen molar-refractivity contribution in [3.63, 3.8) is 0 Å². The zero-order valence-electron chi connectivity index (χ0n) is 15.7. The van der Waals surface area contributed by atoms with Crippen molar-refractivity contribution in [2.45, 2.75) is 38.5 Å². The lowest BCUT2D eigenvalue weighted by Crippen LogP contribution is -2.24. The fourth-order valence-corrected chi connectivity index (χ4v) is 4.28. The van der Waals surface area contributed by atoms with Crippen molar-refractivity contribution < 1.29 is 13.2 Å². The van der Waals surface area contributed by atoms with Crippen molar-refractivity contribution in [2.75, 3.05) is 10.0 Å². The monoisotopic (exact) mass is 384 g/mol. The minimum atomic E-state index is -3.70.